The Morgan fingerprint density at radius 1 is 1.41 bits per heavy atom. The molecule has 2 rings (SSSR count). The molecule has 2 heterocycles. The highest BCUT2D eigenvalue weighted by Gasteiger charge is 2.17. The van der Waals surface area contributed by atoms with Crippen LogP contribution in [0.4, 0.5) is 0 Å². The van der Waals surface area contributed by atoms with Crippen molar-refractivity contribution in [1.29, 1.82) is 0 Å². The van der Waals surface area contributed by atoms with Gasteiger partial charge in [0.1, 0.15) is 0 Å². The number of rotatable bonds is 4. The van der Waals surface area contributed by atoms with Crippen molar-refractivity contribution in [3.05, 3.63) is 23.9 Å². The maximum absolute atomic E-state index is 5.05. The van der Waals surface area contributed by atoms with Crippen LogP contribution in [0.25, 0.3) is 0 Å². The minimum Gasteiger partial charge on any atom is -0.481 e. The normalized spacial score (nSPS) is 18.2. The van der Waals surface area contributed by atoms with Crippen LogP contribution in [0.15, 0.2) is 18.3 Å². The maximum atomic E-state index is 5.05. The molecule has 1 saturated heterocycles. The number of piperidine rings is 1. The average Bonchev–Trinajstić information content (AvgIpc) is 2.40. The first-order valence-electron chi connectivity index (χ1n) is 6.20. The van der Waals surface area contributed by atoms with Gasteiger partial charge in [0.15, 0.2) is 0 Å². The van der Waals surface area contributed by atoms with Gasteiger partial charge >= 0.3 is 0 Å². The first-order chi connectivity index (χ1) is 8.31. The fourth-order valence-electron chi connectivity index (χ4n) is 2.26. The van der Waals surface area contributed by atoms with Crippen molar-refractivity contribution in [1.82, 2.24) is 15.2 Å². The van der Waals surface area contributed by atoms with E-state index in [1.54, 1.807) is 7.11 Å². The third-order valence-corrected chi connectivity index (χ3v) is 3.41. The van der Waals surface area contributed by atoms with E-state index in [4.69, 9.17) is 4.74 Å². The highest BCUT2D eigenvalue weighted by atomic mass is 16.5. The number of ether oxygens (including phenoxy) is 1. The number of hydrogen-bond acceptors (Lipinski definition) is 4. The summed E-state index contributed by atoms with van der Waals surface area (Å²) in [7, 11) is 3.69. The van der Waals surface area contributed by atoms with Crippen LogP contribution < -0.4 is 10.1 Å². The SMILES string of the molecule is CNC1CCN(Cc2ccc(OC)nc2)CC1. The van der Waals surface area contributed by atoms with Crippen molar-refractivity contribution in [2.75, 3.05) is 27.2 Å². The summed E-state index contributed by atoms with van der Waals surface area (Å²) >= 11 is 0. The molecule has 1 aromatic heterocycles. The van der Waals surface area contributed by atoms with E-state index in [1.807, 2.05) is 19.3 Å². The van der Waals surface area contributed by atoms with Gasteiger partial charge < -0.3 is 10.1 Å². The lowest BCUT2D eigenvalue weighted by Crippen LogP contribution is -2.40. The Morgan fingerprint density at radius 3 is 2.71 bits per heavy atom. The van der Waals surface area contributed by atoms with E-state index in [2.05, 4.69) is 21.3 Å². The zero-order valence-corrected chi connectivity index (χ0v) is 10.6. The van der Waals surface area contributed by atoms with Crippen LogP contribution in [0.1, 0.15) is 18.4 Å². The summed E-state index contributed by atoms with van der Waals surface area (Å²) in [6.07, 6.45) is 4.38. The Balaban J connectivity index is 1.84. The van der Waals surface area contributed by atoms with Gasteiger partial charge in [-0.2, -0.15) is 0 Å². The van der Waals surface area contributed by atoms with Crippen LogP contribution in [-0.2, 0) is 6.54 Å². The molecular weight excluding hydrogens is 214 g/mol. The van der Waals surface area contributed by atoms with Crippen LogP contribution in [-0.4, -0.2) is 43.2 Å². The number of nitrogens with one attached hydrogen (secondary N) is 1. The zero-order chi connectivity index (χ0) is 12.1. The number of aromatic nitrogens is 1. The number of nitrogens with zero attached hydrogens (tertiary/aromatic N) is 2. The third kappa shape index (κ3) is 3.41. The van der Waals surface area contributed by atoms with Crippen molar-refractivity contribution < 1.29 is 4.74 Å². The lowest BCUT2D eigenvalue weighted by atomic mass is 10.0. The Bertz CT molecular complexity index is 331. The number of likely N-dealkylation sites (tertiary alicyclic amines) is 1. The van der Waals surface area contributed by atoms with Crippen LogP contribution in [0.2, 0.25) is 0 Å². The van der Waals surface area contributed by atoms with E-state index in [9.17, 15) is 0 Å². The van der Waals surface area contributed by atoms with Gasteiger partial charge in [0.2, 0.25) is 5.88 Å². The summed E-state index contributed by atoms with van der Waals surface area (Å²) in [4.78, 5) is 6.72. The van der Waals surface area contributed by atoms with Crippen molar-refractivity contribution >= 4 is 0 Å². The predicted molar refractivity (Wildman–Crippen MR) is 68.1 cm³/mol. The monoisotopic (exact) mass is 235 g/mol. The van der Waals surface area contributed by atoms with Crippen LogP contribution in [0.3, 0.4) is 0 Å². The van der Waals surface area contributed by atoms with Crippen molar-refractivity contribution in [3.63, 3.8) is 0 Å². The summed E-state index contributed by atoms with van der Waals surface area (Å²) in [5.74, 6) is 0.683. The summed E-state index contributed by atoms with van der Waals surface area (Å²) in [5.41, 5.74) is 1.26. The summed E-state index contributed by atoms with van der Waals surface area (Å²) < 4.78 is 5.05. The van der Waals surface area contributed by atoms with E-state index in [0.717, 1.165) is 19.6 Å². The van der Waals surface area contributed by atoms with E-state index < -0.39 is 0 Å². The van der Waals surface area contributed by atoms with Gasteiger partial charge in [-0.1, -0.05) is 6.07 Å². The minimum atomic E-state index is 0.683. The molecule has 1 fully saturated rings. The number of hydrogen-bond donors (Lipinski definition) is 1. The van der Waals surface area contributed by atoms with Gasteiger partial charge in [-0.05, 0) is 38.5 Å². The van der Waals surface area contributed by atoms with Gasteiger partial charge in [0.25, 0.3) is 0 Å². The highest BCUT2D eigenvalue weighted by Crippen LogP contribution is 2.14. The molecule has 17 heavy (non-hydrogen) atoms. The third-order valence-electron chi connectivity index (χ3n) is 3.41. The molecule has 1 N–H and O–H groups in total. The number of pyridine rings is 1. The van der Waals surface area contributed by atoms with E-state index in [1.165, 1.54) is 18.4 Å². The standard InChI is InChI=1S/C13H21N3O/c1-14-12-5-7-16(8-6-12)10-11-3-4-13(17-2)15-9-11/h3-4,9,12,14H,5-8,10H2,1-2H3. The van der Waals surface area contributed by atoms with Crippen molar-refractivity contribution in [3.8, 4) is 5.88 Å². The molecular formula is C13H21N3O. The molecule has 0 radical (unpaired) electrons. The van der Waals surface area contributed by atoms with Crippen LogP contribution in [0.5, 0.6) is 5.88 Å². The van der Waals surface area contributed by atoms with Crippen molar-refractivity contribution in [2.24, 2.45) is 0 Å². The van der Waals surface area contributed by atoms with Gasteiger partial charge in [-0.15, -0.1) is 0 Å². The average molecular weight is 235 g/mol. The summed E-state index contributed by atoms with van der Waals surface area (Å²) in [6, 6.07) is 4.71. The molecule has 0 unspecified atom stereocenters. The lowest BCUT2D eigenvalue weighted by molar-refractivity contribution is 0.194. The predicted octanol–water partition coefficient (Wildman–Crippen LogP) is 1.27. The molecule has 94 valence electrons. The molecule has 4 heteroatoms. The Hall–Kier alpha value is -1.13. The van der Waals surface area contributed by atoms with Gasteiger partial charge in [-0.25, -0.2) is 4.98 Å². The second-order valence-corrected chi connectivity index (χ2v) is 4.55. The summed E-state index contributed by atoms with van der Waals surface area (Å²) in [5, 5.41) is 3.35. The van der Waals surface area contributed by atoms with Crippen molar-refractivity contribution in [2.45, 2.75) is 25.4 Å². The van der Waals surface area contributed by atoms with Gasteiger partial charge in [-0.3, -0.25) is 4.90 Å². The molecule has 4 nitrogen and oxygen atoms in total. The largest absolute Gasteiger partial charge is 0.481 e. The molecule has 0 saturated carbocycles. The maximum Gasteiger partial charge on any atom is 0.212 e. The summed E-state index contributed by atoms with van der Waals surface area (Å²) in [6.45, 7) is 3.32. The van der Waals surface area contributed by atoms with Crippen LogP contribution in [0, 0.1) is 0 Å². The molecule has 1 aliphatic rings. The quantitative estimate of drug-likeness (QED) is 0.853. The molecule has 0 spiro atoms. The van der Waals surface area contributed by atoms with E-state index in [0.29, 0.717) is 11.9 Å². The first-order valence-corrected chi connectivity index (χ1v) is 6.20. The second kappa shape index (κ2) is 5.98. The number of methoxy groups -OCH3 is 1. The molecule has 0 bridgehead atoms. The van der Waals surface area contributed by atoms with E-state index >= 15 is 0 Å². The molecule has 0 aliphatic carbocycles. The zero-order valence-electron chi connectivity index (χ0n) is 10.6. The van der Waals surface area contributed by atoms with Gasteiger partial charge in [0.05, 0.1) is 7.11 Å². The lowest BCUT2D eigenvalue weighted by Gasteiger charge is -2.31. The fourth-order valence-corrected chi connectivity index (χ4v) is 2.26. The molecule has 0 aromatic carbocycles. The Labute approximate surface area is 103 Å². The first kappa shape index (κ1) is 12.3. The Kier molecular flexibility index (Phi) is 4.34. The molecule has 0 amide bonds. The molecule has 1 aromatic rings. The second-order valence-electron chi connectivity index (χ2n) is 4.55. The van der Waals surface area contributed by atoms with Gasteiger partial charge in [0, 0.05) is 24.8 Å². The fraction of sp³-hybridized carbons (Fsp3) is 0.615. The molecule has 0 atom stereocenters. The van der Waals surface area contributed by atoms with E-state index in [-0.39, 0.29) is 0 Å². The smallest absolute Gasteiger partial charge is 0.212 e. The topological polar surface area (TPSA) is 37.4 Å². The highest BCUT2D eigenvalue weighted by molar-refractivity contribution is 5.17. The van der Waals surface area contributed by atoms with Crippen LogP contribution >= 0.6 is 0 Å². The minimum absolute atomic E-state index is 0.683. The Morgan fingerprint density at radius 2 is 2.18 bits per heavy atom. The molecule has 1 aliphatic heterocycles.